The van der Waals surface area contributed by atoms with E-state index in [4.69, 9.17) is 4.74 Å². The van der Waals surface area contributed by atoms with E-state index in [2.05, 4.69) is 30.9 Å². The number of nitrogens with zero attached hydrogens (tertiary/aromatic N) is 4. The second-order valence-corrected chi connectivity index (χ2v) is 6.87. The number of aryl methyl sites for hydroxylation is 2. The number of pyridine rings is 1. The number of amides is 1. The maximum absolute atomic E-state index is 12.6. The molecule has 126 valence electrons. The molecule has 1 fully saturated rings. The van der Waals surface area contributed by atoms with Crippen molar-refractivity contribution in [1.82, 2.24) is 19.9 Å². The summed E-state index contributed by atoms with van der Waals surface area (Å²) in [7, 11) is 0. The van der Waals surface area contributed by atoms with E-state index in [-0.39, 0.29) is 12.0 Å². The lowest BCUT2D eigenvalue weighted by Gasteiger charge is -2.32. The number of carbonyl (C=O) groups excluding carboxylic acids is 1. The Morgan fingerprint density at radius 1 is 1.25 bits per heavy atom. The fraction of sp³-hybridized carbons (Fsp3) is 0.412. The van der Waals surface area contributed by atoms with Crippen molar-refractivity contribution >= 4 is 21.8 Å². The van der Waals surface area contributed by atoms with Gasteiger partial charge in [-0.3, -0.25) is 9.78 Å². The third kappa shape index (κ3) is 4.08. The van der Waals surface area contributed by atoms with Gasteiger partial charge in [-0.2, -0.15) is 0 Å². The molecule has 3 rings (SSSR count). The molecular formula is C17H19BrN4O2. The number of likely N-dealkylation sites (tertiary alicyclic amines) is 1. The van der Waals surface area contributed by atoms with Gasteiger partial charge in [0.15, 0.2) is 0 Å². The molecule has 0 aromatic carbocycles. The lowest BCUT2D eigenvalue weighted by atomic mass is 10.1. The maximum atomic E-state index is 12.6. The standard InChI is InChI=1S/C17H19BrN4O2/c1-11-6-12(2)21-17(20-11)24-15-4-3-5-22(10-15)16(23)13-7-14(18)9-19-8-13/h6-9,15H,3-5,10H2,1-2H3/t15-/m1/s1. The monoisotopic (exact) mass is 390 g/mol. The largest absolute Gasteiger partial charge is 0.458 e. The highest BCUT2D eigenvalue weighted by atomic mass is 79.9. The molecular weight excluding hydrogens is 372 g/mol. The number of rotatable bonds is 3. The maximum Gasteiger partial charge on any atom is 0.317 e. The van der Waals surface area contributed by atoms with E-state index in [0.717, 1.165) is 35.2 Å². The second-order valence-electron chi connectivity index (χ2n) is 5.96. The van der Waals surface area contributed by atoms with Crippen molar-refractivity contribution in [2.24, 2.45) is 0 Å². The van der Waals surface area contributed by atoms with Crippen LogP contribution in [0.5, 0.6) is 6.01 Å². The van der Waals surface area contributed by atoms with Gasteiger partial charge in [0, 0.05) is 34.8 Å². The van der Waals surface area contributed by atoms with E-state index in [1.54, 1.807) is 23.4 Å². The molecule has 0 saturated carbocycles. The quantitative estimate of drug-likeness (QED) is 0.805. The Morgan fingerprint density at radius 2 is 2.00 bits per heavy atom. The Bertz CT molecular complexity index is 733. The Balaban J connectivity index is 1.69. The minimum atomic E-state index is -0.0935. The van der Waals surface area contributed by atoms with Crippen LogP contribution in [0.15, 0.2) is 29.0 Å². The number of hydrogen-bond acceptors (Lipinski definition) is 5. The minimum absolute atomic E-state index is 0.0292. The molecule has 0 spiro atoms. The first-order valence-corrected chi connectivity index (χ1v) is 8.69. The summed E-state index contributed by atoms with van der Waals surface area (Å²) in [6, 6.07) is 4.08. The van der Waals surface area contributed by atoms with Crippen LogP contribution < -0.4 is 4.74 Å². The Labute approximate surface area is 149 Å². The molecule has 6 nitrogen and oxygen atoms in total. The highest BCUT2D eigenvalue weighted by molar-refractivity contribution is 9.10. The first kappa shape index (κ1) is 16.8. The Morgan fingerprint density at radius 3 is 2.71 bits per heavy atom. The average Bonchev–Trinajstić information content (AvgIpc) is 2.53. The zero-order valence-electron chi connectivity index (χ0n) is 13.7. The number of carbonyl (C=O) groups is 1. The van der Waals surface area contributed by atoms with Gasteiger partial charge in [-0.25, -0.2) is 9.97 Å². The van der Waals surface area contributed by atoms with E-state index in [1.807, 2.05) is 19.9 Å². The second kappa shape index (κ2) is 7.25. The van der Waals surface area contributed by atoms with E-state index in [1.165, 1.54) is 0 Å². The highest BCUT2D eigenvalue weighted by Gasteiger charge is 2.26. The summed E-state index contributed by atoms with van der Waals surface area (Å²) in [5.74, 6) is -0.0292. The smallest absolute Gasteiger partial charge is 0.317 e. The molecule has 24 heavy (non-hydrogen) atoms. The first-order chi connectivity index (χ1) is 11.5. The summed E-state index contributed by atoms with van der Waals surface area (Å²) in [5.41, 5.74) is 2.33. The summed E-state index contributed by atoms with van der Waals surface area (Å²) in [6.07, 6.45) is 4.93. The van der Waals surface area contributed by atoms with Crippen molar-refractivity contribution in [2.75, 3.05) is 13.1 Å². The Kier molecular flexibility index (Phi) is 5.08. The van der Waals surface area contributed by atoms with Crippen molar-refractivity contribution in [3.63, 3.8) is 0 Å². The lowest BCUT2D eigenvalue weighted by molar-refractivity contribution is 0.0514. The first-order valence-electron chi connectivity index (χ1n) is 7.90. The van der Waals surface area contributed by atoms with Crippen LogP contribution in [0.3, 0.4) is 0 Å². The van der Waals surface area contributed by atoms with Crippen LogP contribution in [0.1, 0.15) is 34.6 Å². The van der Waals surface area contributed by atoms with Gasteiger partial charge in [0.25, 0.3) is 5.91 Å². The lowest BCUT2D eigenvalue weighted by Crippen LogP contribution is -2.44. The van der Waals surface area contributed by atoms with Crippen LogP contribution in [-0.4, -0.2) is 45.0 Å². The fourth-order valence-electron chi connectivity index (χ4n) is 2.83. The predicted octanol–water partition coefficient (Wildman–Crippen LogP) is 2.93. The molecule has 0 N–H and O–H groups in total. The van der Waals surface area contributed by atoms with Gasteiger partial charge < -0.3 is 9.64 Å². The van der Waals surface area contributed by atoms with E-state index in [0.29, 0.717) is 18.1 Å². The highest BCUT2D eigenvalue weighted by Crippen LogP contribution is 2.19. The molecule has 0 aliphatic carbocycles. The van der Waals surface area contributed by atoms with E-state index < -0.39 is 0 Å². The molecule has 3 heterocycles. The number of ether oxygens (including phenoxy) is 1. The summed E-state index contributed by atoms with van der Waals surface area (Å²) >= 11 is 3.35. The molecule has 0 radical (unpaired) electrons. The number of hydrogen-bond donors (Lipinski definition) is 0. The Hall–Kier alpha value is -2.02. The molecule has 1 atom stereocenters. The molecule has 1 aliphatic rings. The van der Waals surface area contributed by atoms with Crippen LogP contribution in [0.2, 0.25) is 0 Å². The van der Waals surface area contributed by atoms with Crippen LogP contribution in [-0.2, 0) is 0 Å². The fourth-order valence-corrected chi connectivity index (χ4v) is 3.19. The van der Waals surface area contributed by atoms with Gasteiger partial charge in [-0.1, -0.05) is 0 Å². The third-order valence-corrected chi connectivity index (χ3v) is 4.28. The number of aromatic nitrogens is 3. The van der Waals surface area contributed by atoms with Gasteiger partial charge in [-0.05, 0) is 54.8 Å². The minimum Gasteiger partial charge on any atom is -0.458 e. The van der Waals surface area contributed by atoms with Gasteiger partial charge in [0.2, 0.25) is 0 Å². The van der Waals surface area contributed by atoms with Gasteiger partial charge in [-0.15, -0.1) is 0 Å². The summed E-state index contributed by atoms with van der Waals surface area (Å²) in [6.45, 7) is 5.08. The van der Waals surface area contributed by atoms with Gasteiger partial charge >= 0.3 is 6.01 Å². The van der Waals surface area contributed by atoms with Crippen LogP contribution in [0.25, 0.3) is 0 Å². The van der Waals surface area contributed by atoms with Crippen LogP contribution >= 0.6 is 15.9 Å². The molecule has 1 amide bonds. The average molecular weight is 391 g/mol. The van der Waals surface area contributed by atoms with Gasteiger partial charge in [0.1, 0.15) is 6.10 Å². The van der Waals surface area contributed by atoms with Crippen molar-refractivity contribution < 1.29 is 9.53 Å². The normalized spacial score (nSPS) is 17.6. The summed E-state index contributed by atoms with van der Waals surface area (Å²) in [5, 5.41) is 0. The summed E-state index contributed by atoms with van der Waals surface area (Å²) in [4.78, 5) is 27.1. The number of piperidine rings is 1. The van der Waals surface area contributed by atoms with Crippen molar-refractivity contribution in [2.45, 2.75) is 32.8 Å². The zero-order valence-corrected chi connectivity index (χ0v) is 15.3. The molecule has 0 unspecified atom stereocenters. The molecule has 7 heteroatoms. The molecule has 2 aromatic heterocycles. The van der Waals surface area contributed by atoms with E-state index >= 15 is 0 Å². The zero-order chi connectivity index (χ0) is 17.1. The SMILES string of the molecule is Cc1cc(C)nc(O[C@@H]2CCCN(C(=O)c3cncc(Br)c3)C2)n1. The van der Waals surface area contributed by atoms with Crippen LogP contribution in [0, 0.1) is 13.8 Å². The molecule has 1 saturated heterocycles. The van der Waals surface area contributed by atoms with Crippen molar-refractivity contribution in [3.8, 4) is 6.01 Å². The van der Waals surface area contributed by atoms with Crippen molar-refractivity contribution in [3.05, 3.63) is 46.0 Å². The van der Waals surface area contributed by atoms with E-state index in [9.17, 15) is 4.79 Å². The predicted molar refractivity (Wildman–Crippen MR) is 93.0 cm³/mol. The molecule has 1 aliphatic heterocycles. The third-order valence-electron chi connectivity index (χ3n) is 3.85. The molecule has 0 bridgehead atoms. The topological polar surface area (TPSA) is 68.2 Å². The van der Waals surface area contributed by atoms with Crippen LogP contribution in [0.4, 0.5) is 0 Å². The number of halogens is 1. The molecule has 2 aromatic rings. The van der Waals surface area contributed by atoms with Gasteiger partial charge in [0.05, 0.1) is 12.1 Å². The van der Waals surface area contributed by atoms with Crippen molar-refractivity contribution in [1.29, 1.82) is 0 Å². The summed E-state index contributed by atoms with van der Waals surface area (Å²) < 4.78 is 6.71.